The molecule has 0 unspecified atom stereocenters. The molecule has 1 aliphatic carbocycles. The van der Waals surface area contributed by atoms with E-state index in [4.69, 9.17) is 0 Å². The maximum Gasteiger partial charge on any atom is 0.101 e. The van der Waals surface area contributed by atoms with Crippen LogP contribution in [0.5, 0.6) is 0 Å². The normalized spacial score (nSPS) is 11.6. The number of fused-ring (bicyclic) bond motifs is 1. The Morgan fingerprint density at radius 1 is 0.636 bits per heavy atom. The van der Waals surface area contributed by atoms with Crippen LogP contribution in [0.3, 0.4) is 0 Å². The maximum absolute atomic E-state index is 9.53. The maximum atomic E-state index is 9.53. The van der Waals surface area contributed by atoms with Crippen LogP contribution in [0.2, 0.25) is 0 Å². The first-order valence-corrected chi connectivity index (χ1v) is 10.7. The molecule has 2 aromatic heterocycles. The molecule has 0 bridgehead atoms. The van der Waals surface area contributed by atoms with Crippen molar-refractivity contribution >= 4 is 32.6 Å². The fourth-order valence-electron chi connectivity index (χ4n) is 5.37. The van der Waals surface area contributed by atoms with Crippen LogP contribution >= 0.6 is 0 Å². The zero-order chi connectivity index (χ0) is 22.1. The molecular weight excluding hydrogens is 404 g/mol. The summed E-state index contributed by atoms with van der Waals surface area (Å²) in [6, 6.07) is 29.8. The zero-order valence-corrected chi connectivity index (χ0v) is 17.4. The summed E-state index contributed by atoms with van der Waals surface area (Å²) in [7, 11) is 0. The van der Waals surface area contributed by atoms with Gasteiger partial charge in [-0.2, -0.15) is 10.5 Å². The van der Waals surface area contributed by atoms with Crippen LogP contribution in [-0.2, 0) is 0 Å². The summed E-state index contributed by atoms with van der Waals surface area (Å²) in [5.41, 5.74) is 8.25. The van der Waals surface area contributed by atoms with Gasteiger partial charge in [0.1, 0.15) is 12.1 Å². The van der Waals surface area contributed by atoms with E-state index in [2.05, 4.69) is 82.4 Å². The molecule has 4 aromatic carbocycles. The SMILES string of the molecule is N#Cc1cncc(C#N)c1-c1ccc(-n2c3cccc4c3c3c5c-4cccc5ccc32)cc1. The highest BCUT2D eigenvalue weighted by atomic mass is 15.0. The molecule has 7 rings (SSSR count). The molecule has 0 amide bonds. The van der Waals surface area contributed by atoms with Gasteiger partial charge in [0.05, 0.1) is 22.2 Å². The summed E-state index contributed by atoms with van der Waals surface area (Å²) in [6.45, 7) is 0. The van der Waals surface area contributed by atoms with E-state index in [1.54, 1.807) is 0 Å². The van der Waals surface area contributed by atoms with Crippen molar-refractivity contribution in [3.8, 4) is 40.1 Å². The summed E-state index contributed by atoms with van der Waals surface area (Å²) in [4.78, 5) is 4.02. The van der Waals surface area contributed by atoms with Crippen molar-refractivity contribution < 1.29 is 0 Å². The number of aromatic nitrogens is 2. The van der Waals surface area contributed by atoms with Gasteiger partial charge in [-0.05, 0) is 51.7 Å². The molecule has 0 fully saturated rings. The van der Waals surface area contributed by atoms with Gasteiger partial charge in [-0.25, -0.2) is 0 Å². The largest absolute Gasteiger partial charge is 0.309 e. The first-order valence-electron chi connectivity index (χ1n) is 10.7. The van der Waals surface area contributed by atoms with E-state index >= 15 is 0 Å². The monoisotopic (exact) mass is 418 g/mol. The Bertz CT molecular complexity index is 1840. The minimum atomic E-state index is 0.400. The minimum absolute atomic E-state index is 0.400. The lowest BCUT2D eigenvalue weighted by Gasteiger charge is -2.12. The molecule has 2 heterocycles. The first kappa shape index (κ1) is 17.7. The van der Waals surface area contributed by atoms with E-state index in [1.165, 1.54) is 56.1 Å². The van der Waals surface area contributed by atoms with E-state index in [0.29, 0.717) is 16.7 Å². The lowest BCUT2D eigenvalue weighted by molar-refractivity contribution is 1.18. The molecular formula is C29H14N4. The van der Waals surface area contributed by atoms with Crippen molar-refractivity contribution in [2.75, 3.05) is 0 Å². The predicted octanol–water partition coefficient (Wildman–Crippen LogP) is 6.72. The average molecular weight is 418 g/mol. The predicted molar refractivity (Wildman–Crippen MR) is 130 cm³/mol. The Labute approximate surface area is 189 Å². The molecule has 0 N–H and O–H groups in total. The third-order valence-corrected chi connectivity index (χ3v) is 6.69. The molecule has 150 valence electrons. The summed E-state index contributed by atoms with van der Waals surface area (Å²) in [5, 5.41) is 24.3. The Morgan fingerprint density at radius 3 is 2.03 bits per heavy atom. The quantitative estimate of drug-likeness (QED) is 0.313. The van der Waals surface area contributed by atoms with Crippen LogP contribution < -0.4 is 0 Å². The second-order valence-electron chi connectivity index (χ2n) is 8.28. The van der Waals surface area contributed by atoms with Crippen LogP contribution in [0.4, 0.5) is 0 Å². The molecule has 0 saturated heterocycles. The van der Waals surface area contributed by atoms with Gasteiger partial charge in [-0.1, -0.05) is 48.5 Å². The van der Waals surface area contributed by atoms with Crippen molar-refractivity contribution in [3.63, 3.8) is 0 Å². The summed E-state index contributed by atoms with van der Waals surface area (Å²) < 4.78 is 2.30. The number of benzene rings is 4. The van der Waals surface area contributed by atoms with Crippen molar-refractivity contribution in [2.24, 2.45) is 0 Å². The molecule has 0 spiro atoms. The third kappa shape index (κ3) is 2.19. The van der Waals surface area contributed by atoms with Crippen molar-refractivity contribution in [3.05, 3.63) is 96.3 Å². The van der Waals surface area contributed by atoms with Crippen LogP contribution in [0.25, 0.3) is 60.5 Å². The topological polar surface area (TPSA) is 65.4 Å². The number of rotatable bonds is 2. The van der Waals surface area contributed by atoms with E-state index in [9.17, 15) is 10.5 Å². The van der Waals surface area contributed by atoms with Crippen LogP contribution in [0.1, 0.15) is 11.1 Å². The lowest BCUT2D eigenvalue weighted by Crippen LogP contribution is -1.96. The highest BCUT2D eigenvalue weighted by Crippen LogP contribution is 2.49. The number of nitriles is 2. The highest BCUT2D eigenvalue weighted by molar-refractivity contribution is 6.33. The average Bonchev–Trinajstić information content (AvgIpc) is 3.40. The number of pyridine rings is 1. The number of hydrogen-bond acceptors (Lipinski definition) is 3. The smallest absolute Gasteiger partial charge is 0.101 e. The second-order valence-corrected chi connectivity index (χ2v) is 8.28. The number of nitrogens with zero attached hydrogens (tertiary/aromatic N) is 4. The van der Waals surface area contributed by atoms with Crippen LogP contribution in [0.15, 0.2) is 85.2 Å². The van der Waals surface area contributed by atoms with E-state index in [-0.39, 0.29) is 0 Å². The second kappa shape index (κ2) is 6.29. The Kier molecular flexibility index (Phi) is 3.38. The molecule has 0 aliphatic heterocycles. The van der Waals surface area contributed by atoms with Crippen molar-refractivity contribution in [2.45, 2.75) is 0 Å². The molecule has 0 radical (unpaired) electrons. The molecule has 1 aliphatic rings. The lowest BCUT2D eigenvalue weighted by atomic mass is 9.97. The minimum Gasteiger partial charge on any atom is -0.309 e. The van der Waals surface area contributed by atoms with Crippen molar-refractivity contribution in [1.29, 1.82) is 10.5 Å². The van der Waals surface area contributed by atoms with Gasteiger partial charge in [-0.3, -0.25) is 4.98 Å². The molecule has 0 atom stereocenters. The van der Waals surface area contributed by atoms with E-state index in [1.807, 2.05) is 12.1 Å². The van der Waals surface area contributed by atoms with Gasteiger partial charge in [0.25, 0.3) is 0 Å². The van der Waals surface area contributed by atoms with E-state index < -0.39 is 0 Å². The van der Waals surface area contributed by atoms with Gasteiger partial charge in [0.15, 0.2) is 0 Å². The Hall–Kier alpha value is -4.93. The Morgan fingerprint density at radius 2 is 1.30 bits per heavy atom. The van der Waals surface area contributed by atoms with Gasteiger partial charge >= 0.3 is 0 Å². The molecule has 33 heavy (non-hydrogen) atoms. The zero-order valence-electron chi connectivity index (χ0n) is 17.4. The molecule has 4 heteroatoms. The fraction of sp³-hybridized carbons (Fsp3) is 0. The summed E-state index contributed by atoms with van der Waals surface area (Å²) in [5.74, 6) is 0. The van der Waals surface area contributed by atoms with Crippen LogP contribution in [-0.4, -0.2) is 9.55 Å². The van der Waals surface area contributed by atoms with Gasteiger partial charge < -0.3 is 4.57 Å². The van der Waals surface area contributed by atoms with Crippen LogP contribution in [0, 0.1) is 22.7 Å². The number of hydrogen-bond donors (Lipinski definition) is 0. The van der Waals surface area contributed by atoms with Gasteiger partial charge in [0, 0.05) is 34.4 Å². The van der Waals surface area contributed by atoms with Gasteiger partial charge in [-0.15, -0.1) is 0 Å². The molecule has 0 saturated carbocycles. The Balaban J connectivity index is 1.49. The first-order chi connectivity index (χ1) is 16.3. The summed E-state index contributed by atoms with van der Waals surface area (Å²) in [6.07, 6.45) is 3.01. The van der Waals surface area contributed by atoms with E-state index in [0.717, 1.165) is 11.3 Å². The van der Waals surface area contributed by atoms with Crippen molar-refractivity contribution in [1.82, 2.24) is 9.55 Å². The summed E-state index contributed by atoms with van der Waals surface area (Å²) >= 11 is 0. The molecule has 4 nitrogen and oxygen atoms in total. The van der Waals surface area contributed by atoms with Gasteiger partial charge in [0.2, 0.25) is 0 Å². The third-order valence-electron chi connectivity index (χ3n) is 6.69. The highest BCUT2D eigenvalue weighted by Gasteiger charge is 2.24. The fourth-order valence-corrected chi connectivity index (χ4v) is 5.37. The molecule has 6 aromatic rings. The standard InChI is InChI=1S/C29H14N4/c30-13-19-15-32-16-20(14-31)26(19)18-7-10-21(11-8-18)33-24-6-2-5-23-22-4-1-3-17-9-12-25(33)29(27(17)22)28(23)24/h1-12,15-16H.